The van der Waals surface area contributed by atoms with Crippen LogP contribution in [0.25, 0.3) is 0 Å². The van der Waals surface area contributed by atoms with Crippen molar-refractivity contribution < 1.29 is 18.1 Å². The number of hydrogen-bond donors (Lipinski definition) is 0. The lowest BCUT2D eigenvalue weighted by molar-refractivity contribution is -0.119. The smallest absolute Gasteiger partial charge is 0.377 e. The Hall–Kier alpha value is -1.79. The van der Waals surface area contributed by atoms with Crippen LogP contribution in [0.5, 0.6) is 0 Å². The van der Waals surface area contributed by atoms with Gasteiger partial charge in [0, 0.05) is 33.8 Å². The van der Waals surface area contributed by atoms with E-state index >= 15 is 0 Å². The summed E-state index contributed by atoms with van der Waals surface area (Å²) in [5.41, 5.74) is 4.85. The van der Waals surface area contributed by atoms with Crippen molar-refractivity contribution in [3.8, 4) is 0 Å². The van der Waals surface area contributed by atoms with E-state index in [9.17, 15) is 4.79 Å². The van der Waals surface area contributed by atoms with Gasteiger partial charge < -0.3 is 13.3 Å². The SMILES string of the molecule is CO[Si](CCCCC(=O)C1c2ccccc2Cc2ccccc21)(OC)OC. The van der Waals surface area contributed by atoms with Crippen LogP contribution in [-0.2, 0) is 24.5 Å². The van der Waals surface area contributed by atoms with E-state index in [1.165, 1.54) is 11.1 Å². The zero-order chi connectivity index (χ0) is 19.3. The summed E-state index contributed by atoms with van der Waals surface area (Å²) >= 11 is 0. The minimum Gasteiger partial charge on any atom is -0.377 e. The molecule has 0 unspecified atom stereocenters. The summed E-state index contributed by atoms with van der Waals surface area (Å²) in [5, 5.41) is 0. The molecule has 3 rings (SSSR count). The zero-order valence-electron chi connectivity index (χ0n) is 16.4. The zero-order valence-corrected chi connectivity index (χ0v) is 17.4. The first-order chi connectivity index (χ1) is 13.1. The highest BCUT2D eigenvalue weighted by Gasteiger charge is 2.37. The number of hydrogen-bond acceptors (Lipinski definition) is 4. The van der Waals surface area contributed by atoms with E-state index in [1.54, 1.807) is 21.3 Å². The molecule has 144 valence electrons. The summed E-state index contributed by atoms with van der Waals surface area (Å²) in [6.45, 7) is 0. The highest BCUT2D eigenvalue weighted by Crippen LogP contribution is 2.38. The number of fused-ring (bicyclic) bond motifs is 2. The molecule has 4 nitrogen and oxygen atoms in total. The molecular formula is C22H28O4Si. The van der Waals surface area contributed by atoms with Gasteiger partial charge in [-0.25, -0.2) is 0 Å². The Kier molecular flexibility index (Phi) is 6.60. The molecule has 0 saturated heterocycles. The second-order valence-electron chi connectivity index (χ2n) is 6.98. The number of carbonyl (C=O) groups excluding carboxylic acids is 1. The Balaban J connectivity index is 1.70. The highest BCUT2D eigenvalue weighted by molar-refractivity contribution is 6.60. The standard InChI is InChI=1S/C22H28O4Si/c1-24-27(25-2,26-3)15-9-8-14-21(23)22-19-12-6-4-10-17(19)16-18-11-5-7-13-20(18)22/h4-7,10-13,22H,8-9,14-16H2,1-3H3. The Morgan fingerprint density at radius 3 is 1.93 bits per heavy atom. The van der Waals surface area contributed by atoms with Crippen molar-refractivity contribution in [1.29, 1.82) is 0 Å². The fraction of sp³-hybridized carbons (Fsp3) is 0.409. The third-order valence-electron chi connectivity index (χ3n) is 5.52. The van der Waals surface area contributed by atoms with Crippen molar-refractivity contribution in [2.75, 3.05) is 21.3 Å². The number of unbranched alkanes of at least 4 members (excludes halogenated alkanes) is 1. The fourth-order valence-electron chi connectivity index (χ4n) is 4.01. The summed E-state index contributed by atoms with van der Waals surface area (Å²) in [6.07, 6.45) is 3.11. The quantitative estimate of drug-likeness (QED) is 0.476. The van der Waals surface area contributed by atoms with E-state index in [1.807, 2.05) is 12.1 Å². The molecule has 0 heterocycles. The first-order valence-electron chi connectivity index (χ1n) is 9.48. The number of benzene rings is 2. The van der Waals surface area contributed by atoms with Crippen LogP contribution in [0.2, 0.25) is 6.04 Å². The third kappa shape index (κ3) is 4.22. The van der Waals surface area contributed by atoms with Crippen LogP contribution >= 0.6 is 0 Å². The van der Waals surface area contributed by atoms with Gasteiger partial charge in [0.05, 0.1) is 5.92 Å². The lowest BCUT2D eigenvalue weighted by Gasteiger charge is -2.28. The first kappa shape index (κ1) is 20.0. The van der Waals surface area contributed by atoms with Gasteiger partial charge in [0.2, 0.25) is 0 Å². The second kappa shape index (κ2) is 8.93. The summed E-state index contributed by atoms with van der Waals surface area (Å²) in [5.74, 6) is 0.134. The maximum absolute atomic E-state index is 13.2. The third-order valence-corrected chi connectivity index (χ3v) is 8.36. The number of Topliss-reactive ketones (excluding diaryl/α,β-unsaturated/α-hetero) is 1. The van der Waals surface area contributed by atoms with E-state index in [2.05, 4.69) is 36.4 Å². The molecule has 0 spiro atoms. The molecule has 0 radical (unpaired) electrons. The molecule has 0 amide bonds. The summed E-state index contributed by atoms with van der Waals surface area (Å²) < 4.78 is 16.4. The van der Waals surface area contributed by atoms with Crippen molar-refractivity contribution in [1.82, 2.24) is 0 Å². The van der Waals surface area contributed by atoms with E-state index in [0.29, 0.717) is 6.42 Å². The molecule has 0 aromatic heterocycles. The maximum atomic E-state index is 13.2. The first-order valence-corrected chi connectivity index (χ1v) is 11.4. The van der Waals surface area contributed by atoms with E-state index in [4.69, 9.17) is 13.3 Å². The van der Waals surface area contributed by atoms with Gasteiger partial charge in [-0.3, -0.25) is 4.79 Å². The van der Waals surface area contributed by atoms with Gasteiger partial charge in [0.15, 0.2) is 0 Å². The van der Waals surface area contributed by atoms with Crippen LogP contribution in [0.4, 0.5) is 0 Å². The lowest BCUT2D eigenvalue weighted by Crippen LogP contribution is -2.42. The summed E-state index contributed by atoms with van der Waals surface area (Å²) in [6, 6.07) is 17.4. The Labute approximate surface area is 162 Å². The largest absolute Gasteiger partial charge is 0.500 e. The molecule has 0 aliphatic heterocycles. The summed E-state index contributed by atoms with van der Waals surface area (Å²) in [4.78, 5) is 13.2. The lowest BCUT2D eigenvalue weighted by atomic mass is 9.75. The van der Waals surface area contributed by atoms with Gasteiger partial charge in [-0.2, -0.15) is 0 Å². The van der Waals surface area contributed by atoms with Gasteiger partial charge in [-0.05, 0) is 41.5 Å². The van der Waals surface area contributed by atoms with Gasteiger partial charge in [-0.15, -0.1) is 0 Å². The second-order valence-corrected chi connectivity index (χ2v) is 10.1. The minimum atomic E-state index is -2.56. The normalized spacial score (nSPS) is 13.9. The molecule has 2 aromatic rings. The van der Waals surface area contributed by atoms with Crippen molar-refractivity contribution >= 4 is 14.6 Å². The Morgan fingerprint density at radius 2 is 1.41 bits per heavy atom. The molecule has 27 heavy (non-hydrogen) atoms. The van der Waals surface area contributed by atoms with Crippen LogP contribution in [-0.4, -0.2) is 35.9 Å². The van der Waals surface area contributed by atoms with Crippen molar-refractivity contribution in [3.63, 3.8) is 0 Å². The van der Waals surface area contributed by atoms with Crippen LogP contribution in [0.3, 0.4) is 0 Å². The highest BCUT2D eigenvalue weighted by atomic mass is 28.4. The number of ketones is 1. The molecule has 1 aliphatic carbocycles. The maximum Gasteiger partial charge on any atom is 0.500 e. The Morgan fingerprint density at radius 1 is 0.889 bits per heavy atom. The molecule has 2 aromatic carbocycles. The molecule has 5 heteroatoms. The van der Waals surface area contributed by atoms with Crippen molar-refractivity contribution in [3.05, 3.63) is 70.8 Å². The van der Waals surface area contributed by atoms with Crippen LogP contribution in [0, 0.1) is 0 Å². The molecule has 1 aliphatic rings. The van der Waals surface area contributed by atoms with E-state index in [-0.39, 0.29) is 11.7 Å². The van der Waals surface area contributed by atoms with Gasteiger partial charge in [0.25, 0.3) is 0 Å². The van der Waals surface area contributed by atoms with Gasteiger partial charge in [-0.1, -0.05) is 48.5 Å². The predicted octanol–water partition coefficient (Wildman–Crippen LogP) is 4.34. The van der Waals surface area contributed by atoms with Crippen molar-refractivity contribution in [2.24, 2.45) is 0 Å². The molecule has 0 saturated carbocycles. The monoisotopic (exact) mass is 384 g/mol. The van der Waals surface area contributed by atoms with Crippen LogP contribution in [0.15, 0.2) is 48.5 Å². The fourth-order valence-corrected chi connectivity index (χ4v) is 5.81. The minimum absolute atomic E-state index is 0.152. The van der Waals surface area contributed by atoms with Crippen molar-refractivity contribution in [2.45, 2.75) is 37.6 Å². The molecular weight excluding hydrogens is 356 g/mol. The van der Waals surface area contributed by atoms with E-state index in [0.717, 1.165) is 36.4 Å². The molecule has 0 bridgehead atoms. The average molecular weight is 385 g/mol. The number of carbonyl (C=O) groups is 1. The Bertz CT molecular complexity index is 732. The van der Waals surface area contributed by atoms with Gasteiger partial charge in [0.1, 0.15) is 5.78 Å². The van der Waals surface area contributed by atoms with Crippen LogP contribution < -0.4 is 0 Å². The topological polar surface area (TPSA) is 44.8 Å². The molecule has 0 atom stereocenters. The predicted molar refractivity (Wildman–Crippen MR) is 108 cm³/mol. The molecule has 0 fully saturated rings. The summed E-state index contributed by atoms with van der Waals surface area (Å²) in [7, 11) is 2.32. The van der Waals surface area contributed by atoms with Crippen LogP contribution in [0.1, 0.15) is 47.4 Å². The van der Waals surface area contributed by atoms with E-state index < -0.39 is 8.80 Å². The van der Waals surface area contributed by atoms with Gasteiger partial charge >= 0.3 is 8.80 Å². The average Bonchev–Trinajstić information content (AvgIpc) is 2.72. The molecule has 0 N–H and O–H groups in total. The number of rotatable bonds is 9.